The number of fused-ring (bicyclic) bond motifs is 10. The highest BCUT2D eigenvalue weighted by atomic mass is 14.4. The molecule has 0 heteroatoms. The van der Waals surface area contributed by atoms with Crippen LogP contribution in [0.25, 0.3) is 98.4 Å². The summed E-state index contributed by atoms with van der Waals surface area (Å²) in [5.74, 6) is 0. The predicted octanol–water partition coefficient (Wildman–Crippen LogP) is 14.8. The van der Waals surface area contributed by atoms with Gasteiger partial charge < -0.3 is 0 Å². The van der Waals surface area contributed by atoms with E-state index < -0.39 is 0 Å². The second-order valence-electron chi connectivity index (χ2n) is 15.2. The van der Waals surface area contributed by atoms with Crippen LogP contribution >= 0.6 is 0 Å². The number of hydrogen-bond acceptors (Lipinski definition) is 0. The highest BCUT2D eigenvalue weighted by Gasteiger charge is 2.38. The SMILES string of the molecule is CC1(C)c2cccc(-c3cccc(-c4c5ccccc5c(-c5cccc6c5ccc5ccccc56)c5ccccc45)c3)c2-c2ccc3ccccc3c21. The molecule has 0 nitrogen and oxygen atoms in total. The van der Waals surface area contributed by atoms with Gasteiger partial charge in [-0.25, -0.2) is 0 Å². The molecule has 11 rings (SSSR count). The number of rotatable bonds is 3. The van der Waals surface area contributed by atoms with Gasteiger partial charge in [-0.1, -0.05) is 190 Å². The van der Waals surface area contributed by atoms with Crippen molar-refractivity contribution in [1.29, 1.82) is 0 Å². The van der Waals surface area contributed by atoms with Crippen LogP contribution in [0.4, 0.5) is 0 Å². The highest BCUT2D eigenvalue weighted by molar-refractivity contribution is 6.25. The Labute approximate surface area is 309 Å². The molecule has 1 aliphatic rings. The van der Waals surface area contributed by atoms with Crippen LogP contribution in [-0.2, 0) is 5.41 Å². The molecule has 248 valence electrons. The van der Waals surface area contributed by atoms with Crippen molar-refractivity contribution in [2.24, 2.45) is 0 Å². The smallest absolute Gasteiger partial charge is 0.0165 e. The van der Waals surface area contributed by atoms with Gasteiger partial charge in [0.05, 0.1) is 0 Å². The fraction of sp³-hybridized carbons (Fsp3) is 0.0566. The summed E-state index contributed by atoms with van der Waals surface area (Å²) in [5, 5.41) is 12.9. The summed E-state index contributed by atoms with van der Waals surface area (Å²) in [4.78, 5) is 0. The van der Waals surface area contributed by atoms with Gasteiger partial charge in [0.15, 0.2) is 0 Å². The van der Waals surface area contributed by atoms with E-state index in [-0.39, 0.29) is 5.41 Å². The van der Waals surface area contributed by atoms with Crippen LogP contribution < -0.4 is 0 Å². The molecule has 0 N–H and O–H groups in total. The normalized spacial score (nSPS) is 13.2. The van der Waals surface area contributed by atoms with Gasteiger partial charge in [-0.15, -0.1) is 0 Å². The molecule has 0 saturated heterocycles. The third-order valence-electron chi connectivity index (χ3n) is 12.0. The molecule has 10 aromatic rings. The molecule has 0 unspecified atom stereocenters. The summed E-state index contributed by atoms with van der Waals surface area (Å²) >= 11 is 0. The summed E-state index contributed by atoms with van der Waals surface area (Å²) < 4.78 is 0. The molecule has 0 aromatic heterocycles. The van der Waals surface area contributed by atoms with Gasteiger partial charge in [0.1, 0.15) is 0 Å². The Morgan fingerprint density at radius 1 is 0.302 bits per heavy atom. The largest absolute Gasteiger partial charge is 0.0616 e. The van der Waals surface area contributed by atoms with Crippen LogP contribution in [-0.4, -0.2) is 0 Å². The minimum atomic E-state index is -0.102. The average Bonchev–Trinajstić information content (AvgIpc) is 3.46. The van der Waals surface area contributed by atoms with Crippen molar-refractivity contribution in [3.05, 3.63) is 193 Å². The van der Waals surface area contributed by atoms with Crippen molar-refractivity contribution >= 4 is 53.9 Å². The van der Waals surface area contributed by atoms with E-state index in [0.717, 1.165) is 0 Å². The second-order valence-corrected chi connectivity index (χ2v) is 15.2. The van der Waals surface area contributed by atoms with Gasteiger partial charge in [-0.2, -0.15) is 0 Å². The molecule has 0 radical (unpaired) electrons. The Hall–Kier alpha value is -6.50. The zero-order valence-electron chi connectivity index (χ0n) is 29.8. The zero-order valence-corrected chi connectivity index (χ0v) is 29.8. The zero-order chi connectivity index (χ0) is 35.3. The maximum absolute atomic E-state index is 2.43. The molecule has 0 spiro atoms. The van der Waals surface area contributed by atoms with Crippen molar-refractivity contribution in [1.82, 2.24) is 0 Å². The average molecular weight is 673 g/mol. The third kappa shape index (κ3) is 4.30. The Balaban J connectivity index is 1.16. The molecular formula is C53H36. The van der Waals surface area contributed by atoms with Gasteiger partial charge in [-0.05, 0) is 116 Å². The Bertz CT molecular complexity index is 3080. The van der Waals surface area contributed by atoms with Crippen LogP contribution in [0.1, 0.15) is 25.0 Å². The van der Waals surface area contributed by atoms with E-state index in [9.17, 15) is 0 Å². The van der Waals surface area contributed by atoms with Crippen molar-refractivity contribution < 1.29 is 0 Å². The monoisotopic (exact) mass is 672 g/mol. The van der Waals surface area contributed by atoms with Crippen molar-refractivity contribution in [3.8, 4) is 44.5 Å². The third-order valence-corrected chi connectivity index (χ3v) is 12.0. The minimum Gasteiger partial charge on any atom is -0.0616 e. The van der Waals surface area contributed by atoms with Crippen molar-refractivity contribution in [2.45, 2.75) is 19.3 Å². The summed E-state index contributed by atoms with van der Waals surface area (Å²) in [5.41, 5.74) is 13.1. The molecule has 0 aliphatic heterocycles. The van der Waals surface area contributed by atoms with E-state index >= 15 is 0 Å². The maximum atomic E-state index is 2.43. The van der Waals surface area contributed by atoms with E-state index in [0.29, 0.717) is 0 Å². The molecule has 0 atom stereocenters. The van der Waals surface area contributed by atoms with Crippen LogP contribution in [0.3, 0.4) is 0 Å². The number of benzene rings is 10. The fourth-order valence-electron chi connectivity index (χ4n) is 9.72. The first-order valence-electron chi connectivity index (χ1n) is 18.7. The summed E-state index contributed by atoms with van der Waals surface area (Å²) in [6, 6.07) is 67.9. The molecule has 53 heavy (non-hydrogen) atoms. The fourth-order valence-corrected chi connectivity index (χ4v) is 9.72. The molecule has 10 aromatic carbocycles. The van der Waals surface area contributed by atoms with E-state index in [1.54, 1.807) is 0 Å². The molecular weight excluding hydrogens is 637 g/mol. The summed E-state index contributed by atoms with van der Waals surface area (Å²) in [6.07, 6.45) is 0. The van der Waals surface area contributed by atoms with Crippen LogP contribution in [0.15, 0.2) is 182 Å². The first-order chi connectivity index (χ1) is 26.1. The van der Waals surface area contributed by atoms with Crippen LogP contribution in [0.2, 0.25) is 0 Å². The van der Waals surface area contributed by atoms with Crippen LogP contribution in [0, 0.1) is 0 Å². The Kier molecular flexibility index (Phi) is 6.40. The summed E-state index contributed by atoms with van der Waals surface area (Å²) in [7, 11) is 0. The lowest BCUT2D eigenvalue weighted by Gasteiger charge is -2.23. The quantitative estimate of drug-likeness (QED) is 0.129. The molecule has 1 aliphatic carbocycles. The molecule has 0 heterocycles. The number of hydrogen-bond donors (Lipinski definition) is 0. The summed E-state index contributed by atoms with van der Waals surface area (Å²) in [6.45, 7) is 4.78. The van der Waals surface area contributed by atoms with E-state index in [4.69, 9.17) is 0 Å². The Morgan fingerprint density at radius 2 is 0.830 bits per heavy atom. The Morgan fingerprint density at radius 3 is 1.57 bits per heavy atom. The minimum absolute atomic E-state index is 0.102. The standard InChI is InChI=1S/C53H36/c1-53(2)48-27-13-24-38(51(48)47-31-29-34-15-4-6-19-39(34)52(47)53)35-16-11-17-36(32-35)49-43-20-7-9-22-45(43)50(46-23-10-8-21-44(46)49)42-26-12-25-40-37-18-5-3-14-33(37)28-30-41(40)42/h3-32H,1-2H3. The van der Waals surface area contributed by atoms with Gasteiger partial charge in [0.2, 0.25) is 0 Å². The van der Waals surface area contributed by atoms with E-state index in [1.807, 2.05) is 0 Å². The van der Waals surface area contributed by atoms with E-state index in [1.165, 1.54) is 109 Å². The van der Waals surface area contributed by atoms with Crippen molar-refractivity contribution in [2.75, 3.05) is 0 Å². The molecule has 0 amide bonds. The lowest BCUT2D eigenvalue weighted by molar-refractivity contribution is 0.666. The molecule has 0 fully saturated rings. The maximum Gasteiger partial charge on any atom is 0.0165 e. The van der Waals surface area contributed by atoms with E-state index in [2.05, 4.69) is 196 Å². The molecule has 0 bridgehead atoms. The highest BCUT2D eigenvalue weighted by Crippen LogP contribution is 2.54. The first kappa shape index (κ1) is 30.2. The topological polar surface area (TPSA) is 0 Å². The predicted molar refractivity (Wildman–Crippen MR) is 228 cm³/mol. The van der Waals surface area contributed by atoms with Gasteiger partial charge in [0, 0.05) is 5.41 Å². The molecule has 0 saturated carbocycles. The first-order valence-corrected chi connectivity index (χ1v) is 18.7. The van der Waals surface area contributed by atoms with Crippen molar-refractivity contribution in [3.63, 3.8) is 0 Å². The van der Waals surface area contributed by atoms with Gasteiger partial charge in [0.25, 0.3) is 0 Å². The van der Waals surface area contributed by atoms with Crippen LogP contribution in [0.5, 0.6) is 0 Å². The lowest BCUT2D eigenvalue weighted by Crippen LogP contribution is -2.15. The van der Waals surface area contributed by atoms with Gasteiger partial charge in [-0.3, -0.25) is 0 Å². The lowest BCUT2D eigenvalue weighted by atomic mass is 9.80. The van der Waals surface area contributed by atoms with Gasteiger partial charge >= 0.3 is 0 Å². The second kappa shape index (κ2) is 11.2.